The highest BCUT2D eigenvalue weighted by atomic mass is 19.1. The van der Waals surface area contributed by atoms with Crippen molar-refractivity contribution in [3.63, 3.8) is 0 Å². The summed E-state index contributed by atoms with van der Waals surface area (Å²) in [7, 11) is 0. The number of benzene rings is 3. The molecule has 0 atom stereocenters. The van der Waals surface area contributed by atoms with E-state index in [1.54, 1.807) is 17.0 Å². The van der Waals surface area contributed by atoms with Crippen molar-refractivity contribution in [1.29, 1.82) is 0 Å². The molecule has 1 aliphatic heterocycles. The number of amides is 3. The van der Waals surface area contributed by atoms with E-state index in [4.69, 9.17) is 0 Å². The molecule has 1 heterocycles. The number of carbonyl (C=O) groups is 3. The van der Waals surface area contributed by atoms with Gasteiger partial charge in [0.15, 0.2) is 0 Å². The summed E-state index contributed by atoms with van der Waals surface area (Å²) >= 11 is 0. The van der Waals surface area contributed by atoms with Crippen LogP contribution in [0.5, 0.6) is 0 Å². The topological polar surface area (TPSA) is 73.0 Å². The zero-order valence-corrected chi connectivity index (χ0v) is 22.8. The van der Waals surface area contributed by atoms with Crippen molar-refractivity contribution in [2.24, 2.45) is 5.92 Å². The maximum absolute atomic E-state index is 13.3. The number of nitrogens with zero attached hydrogens (tertiary/aromatic N) is 3. The van der Waals surface area contributed by atoms with E-state index >= 15 is 0 Å². The van der Waals surface area contributed by atoms with Crippen LogP contribution in [-0.4, -0.2) is 60.2 Å². The second-order valence-electron chi connectivity index (χ2n) is 10.7. The Morgan fingerprint density at radius 3 is 2.12 bits per heavy atom. The number of halogens is 1. The quantitative estimate of drug-likeness (QED) is 0.441. The number of anilines is 2. The molecule has 3 aromatic rings. The summed E-state index contributed by atoms with van der Waals surface area (Å²) in [6.45, 7) is 4.95. The summed E-state index contributed by atoms with van der Waals surface area (Å²) < 4.78 is 13.3. The van der Waals surface area contributed by atoms with Gasteiger partial charge in [-0.05, 0) is 73.9 Å². The van der Waals surface area contributed by atoms with Gasteiger partial charge in [-0.2, -0.15) is 0 Å². The summed E-state index contributed by atoms with van der Waals surface area (Å²) in [5, 5.41) is 2.91. The Hall–Kier alpha value is -4.20. The Labute approximate surface area is 234 Å². The van der Waals surface area contributed by atoms with Gasteiger partial charge in [-0.1, -0.05) is 36.2 Å². The predicted octanol–water partition coefficient (Wildman–Crippen LogP) is 4.86. The van der Waals surface area contributed by atoms with Crippen molar-refractivity contribution in [1.82, 2.24) is 9.80 Å². The van der Waals surface area contributed by atoms with Gasteiger partial charge in [-0.25, -0.2) is 4.39 Å². The molecule has 0 radical (unpaired) electrons. The van der Waals surface area contributed by atoms with Crippen LogP contribution in [-0.2, 0) is 16.1 Å². The van der Waals surface area contributed by atoms with E-state index in [0.29, 0.717) is 24.3 Å². The molecule has 0 unspecified atom stereocenters. The Bertz CT molecular complexity index is 1330. The average Bonchev–Trinajstić information content (AvgIpc) is 2.93. The van der Waals surface area contributed by atoms with E-state index in [0.717, 1.165) is 49.2 Å². The van der Waals surface area contributed by atoms with Gasteiger partial charge in [0.25, 0.3) is 5.91 Å². The minimum absolute atomic E-state index is 0.0268. The summed E-state index contributed by atoms with van der Waals surface area (Å²) in [6.07, 6.45) is 2.71. The molecule has 1 N–H and O–H groups in total. The largest absolute Gasteiger partial charge is 0.368 e. The fourth-order valence-electron chi connectivity index (χ4n) is 5.11. The van der Waals surface area contributed by atoms with Gasteiger partial charge in [-0.3, -0.25) is 14.4 Å². The Kier molecular flexibility index (Phi) is 8.43. The minimum atomic E-state index is -0.334. The second kappa shape index (κ2) is 12.3. The summed E-state index contributed by atoms with van der Waals surface area (Å²) in [4.78, 5) is 44.4. The third-order valence-corrected chi connectivity index (χ3v) is 7.77. The molecule has 7 nitrogen and oxygen atoms in total. The summed E-state index contributed by atoms with van der Waals surface area (Å²) in [5.74, 6) is -0.617. The molecule has 3 amide bonds. The number of piperazine rings is 1. The first-order valence-corrected chi connectivity index (χ1v) is 13.9. The molecule has 8 heteroatoms. The Morgan fingerprint density at radius 2 is 1.52 bits per heavy atom. The van der Waals surface area contributed by atoms with Crippen LogP contribution in [0.25, 0.3) is 0 Å². The molecule has 0 bridgehead atoms. The zero-order chi connectivity index (χ0) is 28.1. The number of aryl methyl sites for hydroxylation is 1. The van der Waals surface area contributed by atoms with Crippen LogP contribution in [0, 0.1) is 18.7 Å². The van der Waals surface area contributed by atoms with Crippen LogP contribution in [0.2, 0.25) is 0 Å². The standard InChI is InChI=1S/C32H35FN4O3/c1-23-5-9-26(10-6-23)31(39)36-19-17-35(18-20-36)29-15-13-28(14-16-29)34-30(38)22-37(32(40)25-3-2-4-25)21-24-7-11-27(33)12-8-24/h5-16,25H,2-4,17-22H2,1H3,(H,34,38). The van der Waals surface area contributed by atoms with Crippen molar-refractivity contribution in [2.75, 3.05) is 42.9 Å². The summed E-state index contributed by atoms with van der Waals surface area (Å²) in [5.41, 5.74) is 4.31. The highest BCUT2D eigenvalue weighted by Gasteiger charge is 2.30. The fourth-order valence-corrected chi connectivity index (χ4v) is 5.11. The molecule has 40 heavy (non-hydrogen) atoms. The lowest BCUT2D eigenvalue weighted by molar-refractivity contribution is -0.141. The number of hydrogen-bond donors (Lipinski definition) is 1. The lowest BCUT2D eigenvalue weighted by atomic mass is 9.84. The van der Waals surface area contributed by atoms with E-state index in [1.807, 2.05) is 60.4 Å². The lowest BCUT2D eigenvalue weighted by Gasteiger charge is -2.36. The molecule has 2 aliphatic rings. The number of hydrogen-bond acceptors (Lipinski definition) is 4. The summed E-state index contributed by atoms with van der Waals surface area (Å²) in [6, 6.07) is 21.3. The van der Waals surface area contributed by atoms with E-state index < -0.39 is 0 Å². The monoisotopic (exact) mass is 542 g/mol. The van der Waals surface area contributed by atoms with E-state index in [-0.39, 0.29) is 42.5 Å². The molecular formula is C32H35FN4O3. The molecule has 5 rings (SSSR count). The third kappa shape index (κ3) is 6.68. The van der Waals surface area contributed by atoms with Gasteiger partial charge in [0, 0.05) is 55.6 Å². The van der Waals surface area contributed by atoms with Crippen LogP contribution in [0.3, 0.4) is 0 Å². The van der Waals surface area contributed by atoms with Gasteiger partial charge in [0.1, 0.15) is 12.4 Å². The fraction of sp³-hybridized carbons (Fsp3) is 0.344. The first kappa shape index (κ1) is 27.4. The molecule has 3 aromatic carbocycles. The second-order valence-corrected chi connectivity index (χ2v) is 10.7. The third-order valence-electron chi connectivity index (χ3n) is 7.77. The zero-order valence-electron chi connectivity index (χ0n) is 22.8. The minimum Gasteiger partial charge on any atom is -0.368 e. The van der Waals surface area contributed by atoms with Crippen LogP contribution in [0.15, 0.2) is 72.8 Å². The van der Waals surface area contributed by atoms with Crippen molar-refractivity contribution in [2.45, 2.75) is 32.7 Å². The average molecular weight is 543 g/mol. The molecular weight excluding hydrogens is 507 g/mol. The Morgan fingerprint density at radius 1 is 0.875 bits per heavy atom. The van der Waals surface area contributed by atoms with Gasteiger partial charge in [-0.15, -0.1) is 0 Å². The highest BCUT2D eigenvalue weighted by Crippen LogP contribution is 2.29. The first-order chi connectivity index (χ1) is 19.4. The normalized spacial score (nSPS) is 15.3. The number of carbonyl (C=O) groups excluding carboxylic acids is 3. The van der Waals surface area contributed by atoms with Crippen LogP contribution in [0.4, 0.5) is 15.8 Å². The van der Waals surface area contributed by atoms with Gasteiger partial charge in [0.2, 0.25) is 11.8 Å². The molecule has 0 aromatic heterocycles. The van der Waals surface area contributed by atoms with Crippen molar-refractivity contribution >= 4 is 29.1 Å². The molecule has 1 saturated carbocycles. The predicted molar refractivity (Wildman–Crippen MR) is 154 cm³/mol. The first-order valence-electron chi connectivity index (χ1n) is 13.9. The van der Waals surface area contributed by atoms with Gasteiger partial charge in [0.05, 0.1) is 0 Å². The maximum atomic E-state index is 13.3. The van der Waals surface area contributed by atoms with Crippen LogP contribution in [0.1, 0.15) is 40.7 Å². The molecule has 208 valence electrons. The SMILES string of the molecule is Cc1ccc(C(=O)N2CCN(c3ccc(NC(=O)CN(Cc4ccc(F)cc4)C(=O)C4CCC4)cc3)CC2)cc1. The number of rotatable bonds is 8. The van der Waals surface area contributed by atoms with E-state index in [1.165, 1.54) is 12.1 Å². The molecule has 0 spiro atoms. The van der Waals surface area contributed by atoms with Crippen LogP contribution < -0.4 is 10.2 Å². The van der Waals surface area contributed by atoms with Gasteiger partial charge >= 0.3 is 0 Å². The van der Waals surface area contributed by atoms with Crippen LogP contribution >= 0.6 is 0 Å². The Balaban J connectivity index is 1.14. The van der Waals surface area contributed by atoms with Crippen molar-refractivity contribution in [3.05, 3.63) is 95.3 Å². The molecule has 1 saturated heterocycles. The number of nitrogens with one attached hydrogen (secondary N) is 1. The molecule has 1 aliphatic carbocycles. The lowest BCUT2D eigenvalue weighted by Crippen LogP contribution is -2.48. The highest BCUT2D eigenvalue weighted by molar-refractivity contribution is 5.95. The maximum Gasteiger partial charge on any atom is 0.253 e. The van der Waals surface area contributed by atoms with Crippen molar-refractivity contribution in [3.8, 4) is 0 Å². The molecule has 2 fully saturated rings. The van der Waals surface area contributed by atoms with E-state index in [9.17, 15) is 18.8 Å². The van der Waals surface area contributed by atoms with Gasteiger partial charge < -0.3 is 20.0 Å². The smallest absolute Gasteiger partial charge is 0.253 e. The van der Waals surface area contributed by atoms with E-state index in [2.05, 4.69) is 10.2 Å². The van der Waals surface area contributed by atoms with Crippen molar-refractivity contribution < 1.29 is 18.8 Å².